The van der Waals surface area contributed by atoms with E-state index in [1.807, 2.05) is 0 Å². The van der Waals surface area contributed by atoms with Crippen molar-refractivity contribution in [3.63, 3.8) is 0 Å². The van der Waals surface area contributed by atoms with E-state index in [0.717, 1.165) is 0 Å². The van der Waals surface area contributed by atoms with Crippen molar-refractivity contribution in [3.05, 3.63) is 10.1 Å². The normalized spacial score (nSPS) is 14.5. The summed E-state index contributed by atoms with van der Waals surface area (Å²) in [5.74, 6) is 0. The number of aliphatic hydroxyl groups is 1. The van der Waals surface area contributed by atoms with E-state index in [4.69, 9.17) is 4.74 Å². The van der Waals surface area contributed by atoms with Gasteiger partial charge in [-0.3, -0.25) is 10.1 Å². The molecule has 1 amide bonds. The number of carbonyl (C=O) groups excluding carboxylic acids is 1. The second-order valence-electron chi connectivity index (χ2n) is 5.88. The second kappa shape index (κ2) is 7.42. The second-order valence-corrected chi connectivity index (χ2v) is 5.88. The Hall–Kier alpha value is -1.37. The maximum Gasteiger partial charge on any atom is 0.410 e. The first-order chi connectivity index (χ1) is 9.03. The maximum atomic E-state index is 11.9. The molecular weight excluding hydrogens is 264 g/mol. The molecule has 0 rings (SSSR count). The summed E-state index contributed by atoms with van der Waals surface area (Å²) in [6, 6.07) is 0. The number of nitro groups is 1. The third-order valence-corrected chi connectivity index (χ3v) is 2.96. The molecule has 0 aliphatic carbocycles. The standard InChI is InChI=1S/C13H26N2O5/c1-6-13(17,10-15(18)19)8-9-14(7-2)11(16)20-12(3,4)5/h17H,6-10H2,1-5H3. The largest absolute Gasteiger partial charge is 0.444 e. The van der Waals surface area contributed by atoms with Crippen LogP contribution in [-0.4, -0.2) is 51.9 Å². The van der Waals surface area contributed by atoms with Crippen molar-refractivity contribution in [2.24, 2.45) is 0 Å². The van der Waals surface area contributed by atoms with Crippen LogP contribution in [-0.2, 0) is 4.74 Å². The first-order valence-electron chi connectivity index (χ1n) is 6.85. The molecule has 0 radical (unpaired) electrons. The lowest BCUT2D eigenvalue weighted by atomic mass is 9.96. The summed E-state index contributed by atoms with van der Waals surface area (Å²) in [4.78, 5) is 23.4. The van der Waals surface area contributed by atoms with Gasteiger partial charge in [0.05, 0.1) is 0 Å². The van der Waals surface area contributed by atoms with Crippen molar-refractivity contribution in [3.8, 4) is 0 Å². The predicted molar refractivity (Wildman–Crippen MR) is 75.2 cm³/mol. The SMILES string of the molecule is CCN(CCC(O)(CC)C[N+](=O)[O-])C(=O)OC(C)(C)C. The topological polar surface area (TPSA) is 92.9 Å². The van der Waals surface area contributed by atoms with Crippen molar-refractivity contribution in [2.45, 2.75) is 58.7 Å². The Labute approximate surface area is 120 Å². The quantitative estimate of drug-likeness (QED) is 0.572. The molecule has 0 spiro atoms. The average molecular weight is 290 g/mol. The highest BCUT2D eigenvalue weighted by Gasteiger charge is 2.32. The minimum absolute atomic E-state index is 0.150. The van der Waals surface area contributed by atoms with Gasteiger partial charge in [0.15, 0.2) is 0 Å². The Balaban J connectivity index is 4.57. The van der Waals surface area contributed by atoms with Gasteiger partial charge < -0.3 is 14.7 Å². The molecule has 0 aliphatic rings. The van der Waals surface area contributed by atoms with Gasteiger partial charge in [0, 0.05) is 24.4 Å². The minimum Gasteiger partial charge on any atom is -0.444 e. The van der Waals surface area contributed by atoms with E-state index in [0.29, 0.717) is 6.54 Å². The van der Waals surface area contributed by atoms with Gasteiger partial charge in [-0.25, -0.2) is 4.79 Å². The Morgan fingerprint density at radius 3 is 2.25 bits per heavy atom. The van der Waals surface area contributed by atoms with Gasteiger partial charge in [-0.1, -0.05) is 6.92 Å². The third-order valence-electron chi connectivity index (χ3n) is 2.96. The molecule has 0 aromatic carbocycles. The lowest BCUT2D eigenvalue weighted by molar-refractivity contribution is -0.501. The number of rotatable bonds is 7. The van der Waals surface area contributed by atoms with Crippen LogP contribution in [0.4, 0.5) is 4.79 Å². The van der Waals surface area contributed by atoms with Gasteiger partial charge in [-0.05, 0) is 34.1 Å². The molecule has 7 nitrogen and oxygen atoms in total. The zero-order valence-electron chi connectivity index (χ0n) is 13.0. The third kappa shape index (κ3) is 7.28. The van der Waals surface area contributed by atoms with Crippen molar-refractivity contribution in [1.82, 2.24) is 4.90 Å². The Bertz CT molecular complexity index is 340. The molecule has 0 aromatic rings. The first kappa shape index (κ1) is 18.6. The van der Waals surface area contributed by atoms with E-state index in [1.165, 1.54) is 4.90 Å². The Morgan fingerprint density at radius 1 is 1.35 bits per heavy atom. The molecule has 118 valence electrons. The highest BCUT2D eigenvalue weighted by molar-refractivity contribution is 5.68. The van der Waals surface area contributed by atoms with E-state index in [9.17, 15) is 20.0 Å². The molecule has 1 unspecified atom stereocenters. The van der Waals surface area contributed by atoms with E-state index < -0.39 is 28.8 Å². The Kier molecular flexibility index (Phi) is 6.91. The van der Waals surface area contributed by atoms with Crippen LogP contribution in [0.15, 0.2) is 0 Å². The van der Waals surface area contributed by atoms with Crippen LogP contribution in [0.5, 0.6) is 0 Å². The van der Waals surface area contributed by atoms with Crippen LogP contribution in [0.1, 0.15) is 47.5 Å². The summed E-state index contributed by atoms with van der Waals surface area (Å²) in [6.45, 7) is 8.93. The summed E-state index contributed by atoms with van der Waals surface area (Å²) in [5.41, 5.74) is -1.98. The molecule has 0 heterocycles. The molecule has 1 atom stereocenters. The molecular formula is C13H26N2O5. The van der Waals surface area contributed by atoms with Gasteiger partial charge in [-0.2, -0.15) is 0 Å². The Morgan fingerprint density at radius 2 is 1.90 bits per heavy atom. The highest BCUT2D eigenvalue weighted by atomic mass is 16.6. The summed E-state index contributed by atoms with van der Waals surface area (Å²) < 4.78 is 5.24. The van der Waals surface area contributed by atoms with E-state index in [-0.39, 0.29) is 19.4 Å². The van der Waals surface area contributed by atoms with Crippen LogP contribution < -0.4 is 0 Å². The van der Waals surface area contributed by atoms with Crippen molar-refractivity contribution < 1.29 is 19.6 Å². The van der Waals surface area contributed by atoms with Gasteiger partial charge in [0.25, 0.3) is 0 Å². The summed E-state index contributed by atoms with van der Waals surface area (Å²) in [7, 11) is 0. The average Bonchev–Trinajstić information content (AvgIpc) is 2.26. The van der Waals surface area contributed by atoms with Crippen LogP contribution in [0.25, 0.3) is 0 Å². The predicted octanol–water partition coefficient (Wildman–Crippen LogP) is 2.05. The van der Waals surface area contributed by atoms with E-state index in [2.05, 4.69) is 0 Å². The van der Waals surface area contributed by atoms with E-state index in [1.54, 1.807) is 34.6 Å². The van der Waals surface area contributed by atoms with Crippen molar-refractivity contribution >= 4 is 6.09 Å². The number of nitrogens with zero attached hydrogens (tertiary/aromatic N) is 2. The highest BCUT2D eigenvalue weighted by Crippen LogP contribution is 2.17. The number of ether oxygens (including phenoxy) is 1. The fraction of sp³-hybridized carbons (Fsp3) is 0.923. The monoisotopic (exact) mass is 290 g/mol. The van der Waals surface area contributed by atoms with Crippen LogP contribution in [0, 0.1) is 10.1 Å². The molecule has 0 bridgehead atoms. The van der Waals surface area contributed by atoms with E-state index >= 15 is 0 Å². The van der Waals surface area contributed by atoms with Crippen molar-refractivity contribution in [1.29, 1.82) is 0 Å². The fourth-order valence-corrected chi connectivity index (χ4v) is 1.66. The summed E-state index contributed by atoms with van der Waals surface area (Å²) in [6.07, 6.45) is -0.0585. The van der Waals surface area contributed by atoms with Crippen LogP contribution in [0.2, 0.25) is 0 Å². The van der Waals surface area contributed by atoms with Crippen molar-refractivity contribution in [2.75, 3.05) is 19.6 Å². The van der Waals surface area contributed by atoms with Crippen LogP contribution >= 0.6 is 0 Å². The number of hydrogen-bond acceptors (Lipinski definition) is 5. The van der Waals surface area contributed by atoms with Crippen LogP contribution in [0.3, 0.4) is 0 Å². The zero-order chi connectivity index (χ0) is 16.0. The molecule has 0 saturated carbocycles. The first-order valence-corrected chi connectivity index (χ1v) is 6.85. The number of carbonyl (C=O) groups is 1. The zero-order valence-corrected chi connectivity index (χ0v) is 13.0. The minimum atomic E-state index is -1.39. The summed E-state index contributed by atoms with van der Waals surface area (Å²) >= 11 is 0. The lowest BCUT2D eigenvalue weighted by Gasteiger charge is -2.29. The van der Waals surface area contributed by atoms with Gasteiger partial charge in [0.2, 0.25) is 6.54 Å². The molecule has 1 N–H and O–H groups in total. The molecule has 0 aromatic heterocycles. The number of hydrogen-bond donors (Lipinski definition) is 1. The molecule has 0 aliphatic heterocycles. The fourth-order valence-electron chi connectivity index (χ4n) is 1.66. The smallest absolute Gasteiger partial charge is 0.410 e. The molecule has 0 saturated heterocycles. The lowest BCUT2D eigenvalue weighted by Crippen LogP contribution is -2.43. The van der Waals surface area contributed by atoms with Gasteiger partial charge in [-0.15, -0.1) is 0 Å². The van der Waals surface area contributed by atoms with Gasteiger partial charge >= 0.3 is 6.09 Å². The van der Waals surface area contributed by atoms with Gasteiger partial charge in [0.1, 0.15) is 11.2 Å². The summed E-state index contributed by atoms with van der Waals surface area (Å²) in [5, 5.41) is 20.7. The molecule has 7 heteroatoms. The number of amides is 1. The molecule has 0 fully saturated rings. The maximum absolute atomic E-state index is 11.9. The molecule has 20 heavy (non-hydrogen) atoms.